The van der Waals surface area contributed by atoms with Crippen LogP contribution in [0.15, 0.2) is 18.2 Å². The van der Waals surface area contributed by atoms with Crippen LogP contribution in [0.2, 0.25) is 0 Å². The second-order valence-corrected chi connectivity index (χ2v) is 9.27. The molecule has 5 rings (SSSR count). The Balaban J connectivity index is 1.25. The molecule has 0 radical (unpaired) electrons. The first kappa shape index (κ1) is 21.2. The third-order valence-electron chi connectivity index (χ3n) is 6.91. The minimum Gasteiger partial charge on any atom is -0.454 e. The lowest BCUT2D eigenvalue weighted by atomic mass is 9.78. The van der Waals surface area contributed by atoms with Crippen LogP contribution >= 0.6 is 0 Å². The van der Waals surface area contributed by atoms with Crippen molar-refractivity contribution >= 4 is 5.91 Å². The van der Waals surface area contributed by atoms with Crippen LogP contribution < -0.4 is 14.8 Å². The molecule has 0 saturated carbocycles. The molecule has 0 bridgehead atoms. The molecule has 3 aliphatic rings. The molecule has 1 N–H and O–H groups in total. The van der Waals surface area contributed by atoms with E-state index in [9.17, 15) is 4.79 Å². The summed E-state index contributed by atoms with van der Waals surface area (Å²) in [6.45, 7) is 8.98. The molecule has 1 saturated heterocycles. The maximum atomic E-state index is 12.8. The molecule has 0 aliphatic carbocycles. The number of nitrogens with zero attached hydrogens (tertiary/aromatic N) is 4. The molecule has 32 heavy (non-hydrogen) atoms. The Morgan fingerprint density at radius 2 is 2.03 bits per heavy atom. The Morgan fingerprint density at radius 3 is 2.84 bits per heavy atom. The Labute approximate surface area is 188 Å². The number of aromatic nitrogens is 3. The number of rotatable bonds is 5. The summed E-state index contributed by atoms with van der Waals surface area (Å²) in [5, 5.41) is 11.5. The van der Waals surface area contributed by atoms with Crippen molar-refractivity contribution in [1.82, 2.24) is 25.0 Å². The van der Waals surface area contributed by atoms with Crippen LogP contribution in [0.3, 0.4) is 0 Å². The molecular formula is C23H31N5O4. The molecule has 1 aromatic carbocycles. The lowest BCUT2D eigenvalue weighted by Crippen LogP contribution is -2.44. The minimum atomic E-state index is -0.157. The molecule has 1 fully saturated rings. The fraction of sp³-hybridized carbons (Fsp3) is 0.609. The molecule has 1 atom stereocenters. The van der Waals surface area contributed by atoms with E-state index in [1.54, 1.807) is 0 Å². The van der Waals surface area contributed by atoms with E-state index in [4.69, 9.17) is 14.2 Å². The van der Waals surface area contributed by atoms with Crippen molar-refractivity contribution in [2.24, 2.45) is 5.41 Å². The topological polar surface area (TPSA) is 90.7 Å². The Morgan fingerprint density at radius 1 is 1.22 bits per heavy atom. The van der Waals surface area contributed by atoms with E-state index in [1.807, 2.05) is 17.6 Å². The van der Waals surface area contributed by atoms with Crippen molar-refractivity contribution in [2.45, 2.75) is 58.8 Å². The van der Waals surface area contributed by atoms with E-state index in [0.717, 1.165) is 62.8 Å². The van der Waals surface area contributed by atoms with Crippen molar-refractivity contribution < 1.29 is 19.0 Å². The van der Waals surface area contributed by atoms with Crippen molar-refractivity contribution in [3.05, 3.63) is 35.4 Å². The zero-order chi connectivity index (χ0) is 22.1. The average molecular weight is 442 g/mol. The molecule has 1 unspecified atom stereocenters. The number of likely N-dealkylation sites (tertiary alicyclic amines) is 1. The minimum absolute atomic E-state index is 0.00951. The highest BCUT2D eigenvalue weighted by atomic mass is 16.7. The van der Waals surface area contributed by atoms with Crippen molar-refractivity contribution in [1.29, 1.82) is 0 Å². The molecule has 1 spiro atoms. The smallest absolute Gasteiger partial charge is 0.289 e. The van der Waals surface area contributed by atoms with E-state index in [2.05, 4.69) is 39.5 Å². The van der Waals surface area contributed by atoms with Crippen molar-refractivity contribution in [3.63, 3.8) is 0 Å². The highest BCUT2D eigenvalue weighted by molar-refractivity contribution is 5.90. The lowest BCUT2D eigenvalue weighted by Gasteiger charge is -2.41. The number of nitrogens with one attached hydrogen (secondary N) is 1. The second-order valence-electron chi connectivity index (χ2n) is 9.27. The summed E-state index contributed by atoms with van der Waals surface area (Å²) in [5.41, 5.74) is 1.22. The number of carbonyl (C=O) groups excluding carboxylic acids is 1. The predicted octanol–water partition coefficient (Wildman–Crippen LogP) is 2.35. The maximum absolute atomic E-state index is 12.8. The average Bonchev–Trinajstić information content (AvgIpc) is 3.38. The van der Waals surface area contributed by atoms with Crippen LogP contribution in [-0.4, -0.2) is 58.1 Å². The van der Waals surface area contributed by atoms with E-state index in [0.29, 0.717) is 25.8 Å². The number of fused-ring (bicyclic) bond motifs is 2. The summed E-state index contributed by atoms with van der Waals surface area (Å²) in [6, 6.07) is 6.28. The first-order valence-corrected chi connectivity index (χ1v) is 11.5. The first-order chi connectivity index (χ1) is 15.5. The fourth-order valence-corrected chi connectivity index (χ4v) is 4.69. The summed E-state index contributed by atoms with van der Waals surface area (Å²) in [5.74, 6) is 2.62. The monoisotopic (exact) mass is 441 g/mol. The molecule has 1 amide bonds. The van der Waals surface area contributed by atoms with Gasteiger partial charge in [0.25, 0.3) is 5.91 Å². The van der Waals surface area contributed by atoms with Gasteiger partial charge in [-0.15, -0.1) is 10.2 Å². The van der Waals surface area contributed by atoms with Crippen LogP contribution in [0.5, 0.6) is 11.5 Å². The van der Waals surface area contributed by atoms with Gasteiger partial charge in [0.2, 0.25) is 12.6 Å². The van der Waals surface area contributed by atoms with Gasteiger partial charge < -0.3 is 24.1 Å². The van der Waals surface area contributed by atoms with Gasteiger partial charge in [0.05, 0.1) is 6.61 Å². The van der Waals surface area contributed by atoms with Crippen LogP contribution in [0, 0.1) is 5.41 Å². The third-order valence-corrected chi connectivity index (χ3v) is 6.91. The van der Waals surface area contributed by atoms with E-state index < -0.39 is 0 Å². The Kier molecular flexibility index (Phi) is 5.77. The molecule has 3 aliphatic heterocycles. The maximum Gasteiger partial charge on any atom is 0.289 e. The molecule has 9 heteroatoms. The van der Waals surface area contributed by atoms with E-state index in [1.165, 1.54) is 5.56 Å². The summed E-state index contributed by atoms with van der Waals surface area (Å²) in [4.78, 5) is 15.2. The van der Waals surface area contributed by atoms with Gasteiger partial charge in [-0.1, -0.05) is 13.0 Å². The summed E-state index contributed by atoms with van der Waals surface area (Å²) >= 11 is 0. The van der Waals surface area contributed by atoms with Crippen LogP contribution in [0.25, 0.3) is 0 Å². The third kappa shape index (κ3) is 4.19. The number of ether oxygens (including phenoxy) is 3. The normalized spacial score (nSPS) is 20.6. The Bertz CT molecular complexity index is 983. The van der Waals surface area contributed by atoms with Gasteiger partial charge in [0, 0.05) is 24.5 Å². The van der Waals surface area contributed by atoms with Gasteiger partial charge in [0.1, 0.15) is 6.61 Å². The van der Waals surface area contributed by atoms with Gasteiger partial charge in [0.15, 0.2) is 17.3 Å². The van der Waals surface area contributed by atoms with Crippen LogP contribution in [0.4, 0.5) is 0 Å². The lowest BCUT2D eigenvalue weighted by molar-refractivity contribution is -0.00570. The molecule has 1 aromatic heterocycles. The number of amides is 1. The van der Waals surface area contributed by atoms with Crippen molar-refractivity contribution in [2.75, 3.05) is 26.5 Å². The highest BCUT2D eigenvalue weighted by Gasteiger charge is 2.39. The molecule has 9 nitrogen and oxygen atoms in total. The van der Waals surface area contributed by atoms with Crippen LogP contribution in [-0.2, 0) is 24.4 Å². The quantitative estimate of drug-likeness (QED) is 0.762. The first-order valence-electron chi connectivity index (χ1n) is 11.5. The van der Waals surface area contributed by atoms with Gasteiger partial charge in [-0.25, -0.2) is 0 Å². The van der Waals surface area contributed by atoms with Crippen molar-refractivity contribution in [3.8, 4) is 11.5 Å². The van der Waals surface area contributed by atoms with E-state index in [-0.39, 0.29) is 17.4 Å². The van der Waals surface area contributed by atoms with Gasteiger partial charge >= 0.3 is 0 Å². The summed E-state index contributed by atoms with van der Waals surface area (Å²) < 4.78 is 18.9. The molecule has 2 aromatic rings. The van der Waals surface area contributed by atoms with Crippen LogP contribution in [0.1, 0.15) is 55.1 Å². The number of benzene rings is 1. The predicted molar refractivity (Wildman–Crippen MR) is 116 cm³/mol. The SMILES string of the molecule is CCC(C)NC(=O)c1nnc2n1CC1(CCN(Cc3ccc4c(c3)OCO4)CC1)COC2. The summed E-state index contributed by atoms with van der Waals surface area (Å²) in [6.07, 6.45) is 2.88. The number of carbonyl (C=O) groups is 1. The summed E-state index contributed by atoms with van der Waals surface area (Å²) in [7, 11) is 0. The molecule has 4 heterocycles. The largest absolute Gasteiger partial charge is 0.454 e. The Hall–Kier alpha value is -2.65. The zero-order valence-corrected chi connectivity index (χ0v) is 18.8. The number of hydrogen-bond acceptors (Lipinski definition) is 7. The standard InChI is InChI=1S/C23H31N5O4/c1-3-16(2)24-22(29)21-26-25-20-12-30-14-23(13-28(20)21)6-8-27(9-7-23)11-17-4-5-18-19(10-17)32-15-31-18/h4-5,10,16H,3,6-9,11-15H2,1-2H3,(H,24,29). The van der Waals surface area contributed by atoms with Gasteiger partial charge in [-0.3, -0.25) is 9.69 Å². The zero-order valence-electron chi connectivity index (χ0n) is 18.8. The fourth-order valence-electron chi connectivity index (χ4n) is 4.69. The molecule has 172 valence electrons. The molecular weight excluding hydrogens is 410 g/mol. The van der Waals surface area contributed by atoms with Gasteiger partial charge in [-0.2, -0.15) is 0 Å². The number of piperidine rings is 1. The number of hydrogen-bond donors (Lipinski definition) is 1. The van der Waals surface area contributed by atoms with Gasteiger partial charge in [-0.05, 0) is 57.0 Å². The second kappa shape index (κ2) is 8.71. The van der Waals surface area contributed by atoms with E-state index >= 15 is 0 Å². The highest BCUT2D eigenvalue weighted by Crippen LogP contribution is 2.38.